The molecule has 0 amide bonds. The first kappa shape index (κ1) is 10.4. The van der Waals surface area contributed by atoms with Crippen molar-refractivity contribution in [2.75, 3.05) is 0 Å². The number of carboxylic acid groups (broad SMARTS) is 1. The van der Waals surface area contributed by atoms with Crippen molar-refractivity contribution in [2.24, 2.45) is 0 Å². The van der Waals surface area contributed by atoms with Gasteiger partial charge in [0.2, 0.25) is 0 Å². The van der Waals surface area contributed by atoms with Crippen LogP contribution in [-0.2, 0) is 4.79 Å². The molecule has 0 bridgehead atoms. The van der Waals surface area contributed by atoms with E-state index in [1.165, 1.54) is 0 Å². The topological polar surface area (TPSA) is 46.5 Å². The number of halogens is 3. The summed E-state index contributed by atoms with van der Waals surface area (Å²) in [5.41, 5.74) is 0. The van der Waals surface area contributed by atoms with E-state index in [2.05, 4.69) is 4.74 Å². The fourth-order valence-corrected chi connectivity index (χ4v) is 0.720. The van der Waals surface area contributed by atoms with Crippen molar-refractivity contribution in [2.45, 2.75) is 6.36 Å². The zero-order valence-electron chi connectivity index (χ0n) is 6.71. The molecule has 0 aliphatic heterocycles. The van der Waals surface area contributed by atoms with E-state index in [-0.39, 0.29) is 5.75 Å². The summed E-state index contributed by atoms with van der Waals surface area (Å²) in [5.74, 6) is -4.59. The number of carbonyl (C=O) groups is 1. The lowest BCUT2D eigenvalue weighted by Gasteiger charge is -2.06. The molecule has 0 saturated heterocycles. The van der Waals surface area contributed by atoms with E-state index < -0.39 is 24.0 Å². The molecular formula is C8H5F3O3. The van der Waals surface area contributed by atoms with Gasteiger partial charge in [-0.3, -0.25) is 0 Å². The summed E-state index contributed by atoms with van der Waals surface area (Å²) >= 11 is 0. The van der Waals surface area contributed by atoms with Crippen LogP contribution in [0.4, 0.5) is 13.2 Å². The quantitative estimate of drug-likeness (QED) is 0.818. The van der Waals surface area contributed by atoms with E-state index in [1.807, 2.05) is 0 Å². The summed E-state index contributed by atoms with van der Waals surface area (Å²) in [6, 6.07) is 2.19. The summed E-state index contributed by atoms with van der Waals surface area (Å²) in [7, 11) is 0. The third kappa shape index (κ3) is 2.38. The average molecular weight is 206 g/mol. The first-order valence-electron chi connectivity index (χ1n) is 3.49. The number of alkyl halides is 1. The van der Waals surface area contributed by atoms with Crippen molar-refractivity contribution in [3.63, 3.8) is 0 Å². The molecule has 0 heterocycles. The summed E-state index contributed by atoms with van der Waals surface area (Å²) in [6.07, 6.45) is -2.60. The molecule has 1 rings (SSSR count). The van der Waals surface area contributed by atoms with E-state index in [0.29, 0.717) is 12.1 Å². The molecule has 76 valence electrons. The van der Waals surface area contributed by atoms with Gasteiger partial charge in [-0.2, -0.15) is 4.39 Å². The highest BCUT2D eigenvalue weighted by Gasteiger charge is 2.17. The third-order valence-electron chi connectivity index (χ3n) is 1.32. The first-order valence-corrected chi connectivity index (χ1v) is 3.49. The highest BCUT2D eigenvalue weighted by molar-refractivity contribution is 5.70. The van der Waals surface area contributed by atoms with Crippen molar-refractivity contribution < 1.29 is 27.8 Å². The number of rotatable bonds is 3. The minimum Gasteiger partial charge on any atom is -0.476 e. The lowest BCUT2D eigenvalue weighted by molar-refractivity contribution is -0.153. The van der Waals surface area contributed by atoms with Gasteiger partial charge in [-0.15, -0.1) is 0 Å². The van der Waals surface area contributed by atoms with Crippen LogP contribution >= 0.6 is 0 Å². The van der Waals surface area contributed by atoms with Gasteiger partial charge in [0.1, 0.15) is 5.75 Å². The molecule has 1 atom stereocenters. The smallest absolute Gasteiger partial charge is 0.378 e. The SMILES string of the molecule is O=C(O)C(F)Oc1ccc(F)c(F)c1. The predicted octanol–water partition coefficient (Wildman–Crippen LogP) is 1.72. The number of carboxylic acids is 1. The van der Waals surface area contributed by atoms with Gasteiger partial charge in [-0.05, 0) is 12.1 Å². The zero-order valence-corrected chi connectivity index (χ0v) is 6.71. The maximum atomic E-state index is 12.5. The fourth-order valence-electron chi connectivity index (χ4n) is 0.720. The molecule has 14 heavy (non-hydrogen) atoms. The molecule has 0 aromatic heterocycles. The average Bonchev–Trinajstić information content (AvgIpc) is 2.11. The second-order valence-corrected chi connectivity index (χ2v) is 2.35. The fraction of sp³-hybridized carbons (Fsp3) is 0.125. The largest absolute Gasteiger partial charge is 0.476 e. The minimum absolute atomic E-state index is 0.390. The van der Waals surface area contributed by atoms with Gasteiger partial charge < -0.3 is 9.84 Å². The highest BCUT2D eigenvalue weighted by Crippen LogP contribution is 2.17. The lowest BCUT2D eigenvalue weighted by Crippen LogP contribution is -2.21. The highest BCUT2D eigenvalue weighted by atomic mass is 19.2. The molecule has 1 unspecified atom stereocenters. The number of aliphatic carboxylic acids is 1. The standard InChI is InChI=1S/C8H5F3O3/c9-5-2-1-4(3-6(5)10)14-7(11)8(12)13/h1-3,7H,(H,12,13). The van der Waals surface area contributed by atoms with Gasteiger partial charge in [-0.25, -0.2) is 13.6 Å². The van der Waals surface area contributed by atoms with Gasteiger partial charge >= 0.3 is 12.3 Å². The maximum absolute atomic E-state index is 12.5. The normalized spacial score (nSPS) is 12.2. The molecule has 1 aromatic rings. The van der Waals surface area contributed by atoms with Crippen molar-refractivity contribution in [3.8, 4) is 5.75 Å². The number of hydrogen-bond acceptors (Lipinski definition) is 2. The van der Waals surface area contributed by atoms with Crippen LogP contribution in [0.3, 0.4) is 0 Å². The third-order valence-corrected chi connectivity index (χ3v) is 1.32. The van der Waals surface area contributed by atoms with Crippen LogP contribution in [0.2, 0.25) is 0 Å². The van der Waals surface area contributed by atoms with E-state index in [4.69, 9.17) is 5.11 Å². The molecule has 1 aromatic carbocycles. The summed E-state index contributed by atoms with van der Waals surface area (Å²) in [4.78, 5) is 9.99. The van der Waals surface area contributed by atoms with E-state index in [1.54, 1.807) is 0 Å². The van der Waals surface area contributed by atoms with Crippen LogP contribution in [-0.4, -0.2) is 17.4 Å². The maximum Gasteiger partial charge on any atom is 0.378 e. The Morgan fingerprint density at radius 2 is 2.00 bits per heavy atom. The van der Waals surface area contributed by atoms with Crippen molar-refractivity contribution in [3.05, 3.63) is 29.8 Å². The Labute approximate surface area is 76.7 Å². The summed E-state index contributed by atoms with van der Waals surface area (Å²) < 4.78 is 41.4. The van der Waals surface area contributed by atoms with Crippen LogP contribution < -0.4 is 4.74 Å². The Morgan fingerprint density at radius 3 is 2.50 bits per heavy atom. The predicted molar refractivity (Wildman–Crippen MR) is 39.5 cm³/mol. The Balaban J connectivity index is 2.78. The number of ether oxygens (including phenoxy) is 1. The van der Waals surface area contributed by atoms with Crippen LogP contribution in [0.1, 0.15) is 0 Å². The van der Waals surface area contributed by atoms with Gasteiger partial charge in [0, 0.05) is 6.07 Å². The van der Waals surface area contributed by atoms with E-state index in [9.17, 15) is 18.0 Å². The minimum atomic E-state index is -2.60. The molecule has 6 heteroatoms. The second-order valence-electron chi connectivity index (χ2n) is 2.35. The Kier molecular flexibility index (Phi) is 2.95. The van der Waals surface area contributed by atoms with E-state index >= 15 is 0 Å². The van der Waals surface area contributed by atoms with E-state index in [0.717, 1.165) is 6.07 Å². The lowest BCUT2D eigenvalue weighted by atomic mass is 10.3. The molecule has 3 nitrogen and oxygen atoms in total. The van der Waals surface area contributed by atoms with Gasteiger partial charge in [-0.1, -0.05) is 0 Å². The van der Waals surface area contributed by atoms with Crippen molar-refractivity contribution >= 4 is 5.97 Å². The Morgan fingerprint density at radius 1 is 1.36 bits per heavy atom. The van der Waals surface area contributed by atoms with Crippen LogP contribution in [0.25, 0.3) is 0 Å². The number of hydrogen-bond donors (Lipinski definition) is 1. The van der Waals surface area contributed by atoms with Crippen molar-refractivity contribution in [1.82, 2.24) is 0 Å². The second kappa shape index (κ2) is 3.99. The first-order chi connectivity index (χ1) is 6.50. The Hall–Kier alpha value is -1.72. The molecule has 0 radical (unpaired) electrons. The molecule has 0 fully saturated rings. The molecule has 0 aliphatic carbocycles. The number of benzene rings is 1. The molecule has 0 aliphatic rings. The van der Waals surface area contributed by atoms with Gasteiger partial charge in [0.05, 0.1) is 0 Å². The Bertz CT molecular complexity index is 354. The molecule has 1 N–H and O–H groups in total. The zero-order chi connectivity index (χ0) is 10.7. The van der Waals surface area contributed by atoms with Gasteiger partial charge in [0.15, 0.2) is 11.6 Å². The van der Waals surface area contributed by atoms with Crippen LogP contribution in [0, 0.1) is 11.6 Å². The monoisotopic (exact) mass is 206 g/mol. The van der Waals surface area contributed by atoms with Crippen LogP contribution in [0.15, 0.2) is 18.2 Å². The summed E-state index contributed by atoms with van der Waals surface area (Å²) in [5, 5.41) is 8.10. The molecule has 0 saturated carbocycles. The van der Waals surface area contributed by atoms with Crippen molar-refractivity contribution in [1.29, 1.82) is 0 Å². The summed E-state index contributed by atoms with van der Waals surface area (Å²) in [6.45, 7) is 0. The van der Waals surface area contributed by atoms with Crippen LogP contribution in [0.5, 0.6) is 5.75 Å². The molecule has 0 spiro atoms. The van der Waals surface area contributed by atoms with Gasteiger partial charge in [0.25, 0.3) is 0 Å². The molecular weight excluding hydrogens is 201 g/mol.